The number of anilines is 1. The van der Waals surface area contributed by atoms with Crippen molar-refractivity contribution >= 4 is 5.69 Å². The van der Waals surface area contributed by atoms with Crippen LogP contribution in [0.25, 0.3) is 0 Å². The molecule has 2 aromatic carbocycles. The lowest BCUT2D eigenvalue weighted by Gasteiger charge is -2.17. The first kappa shape index (κ1) is 13.5. The second-order valence-corrected chi connectivity index (χ2v) is 4.70. The lowest BCUT2D eigenvalue weighted by Crippen LogP contribution is -2.17. The summed E-state index contributed by atoms with van der Waals surface area (Å²) < 4.78 is 26.2. The summed E-state index contributed by atoms with van der Waals surface area (Å²) in [5.74, 6) is -1.10. The van der Waals surface area contributed by atoms with Crippen LogP contribution in [0.2, 0.25) is 0 Å². The normalized spacial score (nSPS) is 10.9. The van der Waals surface area contributed by atoms with Gasteiger partial charge in [-0.05, 0) is 42.4 Å². The summed E-state index contributed by atoms with van der Waals surface area (Å²) in [6.45, 7) is 1.15. The van der Waals surface area contributed by atoms with Gasteiger partial charge in [-0.2, -0.15) is 0 Å². The molecular formula is C15H16F2N2. The van der Waals surface area contributed by atoms with Gasteiger partial charge in [0.15, 0.2) is 0 Å². The van der Waals surface area contributed by atoms with E-state index in [0.717, 1.165) is 11.6 Å². The summed E-state index contributed by atoms with van der Waals surface area (Å²) in [4.78, 5) is 1.98. The highest BCUT2D eigenvalue weighted by atomic mass is 19.1. The Morgan fingerprint density at radius 1 is 0.947 bits per heavy atom. The number of halogens is 2. The van der Waals surface area contributed by atoms with E-state index in [2.05, 4.69) is 0 Å². The van der Waals surface area contributed by atoms with Crippen molar-refractivity contribution in [2.75, 3.05) is 12.8 Å². The highest BCUT2D eigenvalue weighted by Gasteiger charge is 2.05. The molecule has 0 atom stereocenters. The second kappa shape index (κ2) is 5.80. The van der Waals surface area contributed by atoms with E-state index in [4.69, 9.17) is 5.73 Å². The van der Waals surface area contributed by atoms with Gasteiger partial charge < -0.3 is 5.73 Å². The molecule has 0 spiro atoms. The van der Waals surface area contributed by atoms with Gasteiger partial charge in [-0.15, -0.1) is 0 Å². The van der Waals surface area contributed by atoms with E-state index >= 15 is 0 Å². The SMILES string of the molecule is CN(Cc1cccc(N)c1)Cc1cc(F)cc(F)c1. The van der Waals surface area contributed by atoms with Crippen LogP contribution in [-0.4, -0.2) is 11.9 Å². The molecular weight excluding hydrogens is 246 g/mol. The highest BCUT2D eigenvalue weighted by molar-refractivity contribution is 5.40. The van der Waals surface area contributed by atoms with Gasteiger partial charge in [0.25, 0.3) is 0 Å². The van der Waals surface area contributed by atoms with Crippen LogP contribution in [0.5, 0.6) is 0 Å². The Hall–Kier alpha value is -1.94. The summed E-state index contributed by atoms with van der Waals surface area (Å²) >= 11 is 0. The van der Waals surface area contributed by atoms with Crippen molar-refractivity contribution in [1.29, 1.82) is 0 Å². The molecule has 0 fully saturated rings. The first-order valence-corrected chi connectivity index (χ1v) is 6.01. The number of hydrogen-bond donors (Lipinski definition) is 1. The molecule has 2 nitrogen and oxygen atoms in total. The molecule has 100 valence electrons. The van der Waals surface area contributed by atoms with Crippen LogP contribution in [0, 0.1) is 11.6 Å². The van der Waals surface area contributed by atoms with Crippen LogP contribution in [0.15, 0.2) is 42.5 Å². The van der Waals surface area contributed by atoms with Gasteiger partial charge in [0, 0.05) is 24.8 Å². The van der Waals surface area contributed by atoms with Gasteiger partial charge in [0.1, 0.15) is 11.6 Å². The summed E-state index contributed by atoms with van der Waals surface area (Å²) in [5.41, 5.74) is 8.10. The Labute approximate surface area is 111 Å². The van der Waals surface area contributed by atoms with E-state index in [1.165, 1.54) is 12.1 Å². The molecule has 0 aromatic heterocycles. The average molecular weight is 262 g/mol. The topological polar surface area (TPSA) is 29.3 Å². The van der Waals surface area contributed by atoms with E-state index in [1.54, 1.807) is 0 Å². The minimum atomic E-state index is -0.549. The van der Waals surface area contributed by atoms with Crippen molar-refractivity contribution in [2.45, 2.75) is 13.1 Å². The molecule has 0 saturated carbocycles. The maximum absolute atomic E-state index is 13.1. The molecule has 2 aromatic rings. The Morgan fingerprint density at radius 2 is 1.58 bits per heavy atom. The van der Waals surface area contributed by atoms with Crippen LogP contribution in [0.1, 0.15) is 11.1 Å². The molecule has 0 bridgehead atoms. The minimum Gasteiger partial charge on any atom is -0.399 e. The minimum absolute atomic E-state index is 0.476. The largest absolute Gasteiger partial charge is 0.399 e. The zero-order chi connectivity index (χ0) is 13.8. The van der Waals surface area contributed by atoms with Crippen LogP contribution in [-0.2, 0) is 13.1 Å². The fourth-order valence-electron chi connectivity index (χ4n) is 2.07. The van der Waals surface area contributed by atoms with Crippen LogP contribution < -0.4 is 5.73 Å². The fourth-order valence-corrected chi connectivity index (χ4v) is 2.07. The molecule has 0 heterocycles. The molecule has 0 aliphatic rings. The molecule has 2 rings (SSSR count). The van der Waals surface area contributed by atoms with E-state index in [-0.39, 0.29) is 0 Å². The molecule has 4 heteroatoms. The Bertz CT molecular complexity index is 550. The van der Waals surface area contributed by atoms with Crippen molar-refractivity contribution in [2.24, 2.45) is 0 Å². The Morgan fingerprint density at radius 3 is 2.21 bits per heavy atom. The number of nitrogens with zero attached hydrogens (tertiary/aromatic N) is 1. The van der Waals surface area contributed by atoms with E-state index in [1.807, 2.05) is 36.2 Å². The molecule has 0 unspecified atom stereocenters. The highest BCUT2D eigenvalue weighted by Crippen LogP contribution is 2.13. The number of benzene rings is 2. The predicted octanol–water partition coefficient (Wildman–Crippen LogP) is 3.18. The predicted molar refractivity (Wildman–Crippen MR) is 72.4 cm³/mol. The monoisotopic (exact) mass is 262 g/mol. The van der Waals surface area contributed by atoms with Gasteiger partial charge in [-0.3, -0.25) is 4.90 Å². The van der Waals surface area contributed by atoms with Crippen LogP contribution in [0.3, 0.4) is 0 Å². The Balaban J connectivity index is 2.03. The molecule has 0 amide bonds. The van der Waals surface area contributed by atoms with Gasteiger partial charge in [-0.1, -0.05) is 12.1 Å². The molecule has 0 aliphatic carbocycles. The van der Waals surface area contributed by atoms with Crippen molar-refractivity contribution in [1.82, 2.24) is 4.90 Å². The number of hydrogen-bond acceptors (Lipinski definition) is 2. The van der Waals surface area contributed by atoms with E-state index in [0.29, 0.717) is 24.3 Å². The summed E-state index contributed by atoms with van der Waals surface area (Å²) in [6.07, 6.45) is 0. The van der Waals surface area contributed by atoms with Gasteiger partial charge in [0.05, 0.1) is 0 Å². The molecule has 2 N–H and O–H groups in total. The first-order chi connectivity index (χ1) is 9.02. The van der Waals surface area contributed by atoms with Crippen LogP contribution in [0.4, 0.5) is 14.5 Å². The number of nitrogens with two attached hydrogens (primary N) is 1. The van der Waals surface area contributed by atoms with Crippen molar-refractivity contribution in [3.63, 3.8) is 0 Å². The standard InChI is InChI=1S/C15H16F2N2/c1-19(9-11-3-2-4-15(18)7-11)10-12-5-13(16)8-14(17)6-12/h2-8H,9-10,18H2,1H3. The maximum Gasteiger partial charge on any atom is 0.126 e. The van der Waals surface area contributed by atoms with Gasteiger partial charge in [0.2, 0.25) is 0 Å². The lowest BCUT2D eigenvalue weighted by atomic mass is 10.1. The van der Waals surface area contributed by atoms with Gasteiger partial charge in [-0.25, -0.2) is 8.78 Å². The van der Waals surface area contributed by atoms with Crippen molar-refractivity contribution in [3.8, 4) is 0 Å². The van der Waals surface area contributed by atoms with Crippen molar-refractivity contribution in [3.05, 3.63) is 65.2 Å². The fraction of sp³-hybridized carbons (Fsp3) is 0.200. The van der Waals surface area contributed by atoms with E-state index < -0.39 is 11.6 Å². The summed E-state index contributed by atoms with van der Waals surface area (Å²) in [6, 6.07) is 11.1. The molecule has 0 radical (unpaired) electrons. The molecule has 0 aliphatic heterocycles. The number of rotatable bonds is 4. The lowest BCUT2D eigenvalue weighted by molar-refractivity contribution is 0.318. The zero-order valence-electron chi connectivity index (χ0n) is 10.7. The smallest absolute Gasteiger partial charge is 0.126 e. The van der Waals surface area contributed by atoms with Crippen molar-refractivity contribution < 1.29 is 8.78 Å². The molecule has 19 heavy (non-hydrogen) atoms. The number of nitrogen functional groups attached to an aromatic ring is 1. The quantitative estimate of drug-likeness (QED) is 0.857. The maximum atomic E-state index is 13.1. The average Bonchev–Trinajstić information content (AvgIpc) is 2.26. The first-order valence-electron chi connectivity index (χ1n) is 6.01. The van der Waals surface area contributed by atoms with E-state index in [9.17, 15) is 8.78 Å². The van der Waals surface area contributed by atoms with Crippen LogP contribution >= 0.6 is 0 Å². The second-order valence-electron chi connectivity index (χ2n) is 4.70. The zero-order valence-corrected chi connectivity index (χ0v) is 10.7. The summed E-state index contributed by atoms with van der Waals surface area (Å²) in [7, 11) is 1.89. The third kappa shape index (κ3) is 4.03. The third-order valence-electron chi connectivity index (χ3n) is 2.78. The van der Waals surface area contributed by atoms with Gasteiger partial charge >= 0.3 is 0 Å². The summed E-state index contributed by atoms with van der Waals surface area (Å²) in [5, 5.41) is 0. The molecule has 0 saturated heterocycles. The Kier molecular flexibility index (Phi) is 4.12. The third-order valence-corrected chi connectivity index (χ3v) is 2.78.